The molecule has 0 aliphatic heterocycles. The Labute approximate surface area is 185 Å². The van der Waals surface area contributed by atoms with Crippen LogP contribution >= 0.6 is 35.6 Å². The maximum atomic E-state index is 11.7. The summed E-state index contributed by atoms with van der Waals surface area (Å²) in [5, 5.41) is 7.02. The third kappa shape index (κ3) is 10.4. The minimum atomic E-state index is -3.12. The van der Waals surface area contributed by atoms with Crippen molar-refractivity contribution in [3.05, 3.63) is 29.3 Å². The normalized spacial score (nSPS) is 13.0. The van der Waals surface area contributed by atoms with Crippen LogP contribution in [-0.4, -0.2) is 64.3 Å². The van der Waals surface area contributed by atoms with Crippen molar-refractivity contribution < 1.29 is 13.2 Å². The van der Waals surface area contributed by atoms with E-state index in [2.05, 4.69) is 15.6 Å². The molecule has 1 rings (SSSR count). The number of aliphatic imine (C=N–C) groups is 1. The number of sulfonamides is 1. The predicted molar refractivity (Wildman–Crippen MR) is 123 cm³/mol. The van der Waals surface area contributed by atoms with Crippen molar-refractivity contribution in [1.29, 1.82) is 0 Å². The van der Waals surface area contributed by atoms with E-state index >= 15 is 0 Å². The van der Waals surface area contributed by atoms with Gasteiger partial charge >= 0.3 is 0 Å². The van der Waals surface area contributed by atoms with E-state index < -0.39 is 10.0 Å². The van der Waals surface area contributed by atoms with E-state index in [0.717, 1.165) is 5.75 Å². The van der Waals surface area contributed by atoms with Crippen LogP contribution in [0, 0.1) is 0 Å². The molecule has 0 fully saturated rings. The number of rotatable bonds is 10. The molecule has 1 unspecified atom stereocenters. The molecule has 2 N–H and O–H groups in total. The smallest absolute Gasteiger partial charge is 0.213 e. The third-order valence-corrected chi connectivity index (χ3v) is 5.83. The van der Waals surface area contributed by atoms with Crippen molar-refractivity contribution in [3.8, 4) is 5.75 Å². The lowest BCUT2D eigenvalue weighted by Gasteiger charge is -2.19. The zero-order valence-corrected chi connectivity index (χ0v) is 20.1. The standard InChI is InChI=1S/C17H29ClN4O3S.HI/c1-5-26(23,24)22(4)12-6-11-20-17(19-3)21-13-14(2)25-16-9-7-15(18)8-10-16;/h7-10,14H,5-6,11-13H2,1-4H3,(H2,19,20,21);1H. The van der Waals surface area contributed by atoms with Crippen LogP contribution in [0.2, 0.25) is 5.02 Å². The fourth-order valence-electron chi connectivity index (χ4n) is 2.12. The van der Waals surface area contributed by atoms with Crippen molar-refractivity contribution in [1.82, 2.24) is 14.9 Å². The molecule has 0 saturated heterocycles. The highest BCUT2D eigenvalue weighted by Crippen LogP contribution is 2.16. The van der Waals surface area contributed by atoms with Crippen LogP contribution in [0.5, 0.6) is 5.75 Å². The van der Waals surface area contributed by atoms with Gasteiger partial charge in [0.25, 0.3) is 0 Å². The molecule has 0 aliphatic carbocycles. The van der Waals surface area contributed by atoms with Gasteiger partial charge in [0.15, 0.2) is 5.96 Å². The number of nitrogens with zero attached hydrogens (tertiary/aromatic N) is 2. The minimum absolute atomic E-state index is 0. The summed E-state index contributed by atoms with van der Waals surface area (Å²) in [7, 11) is 0.164. The molecule has 0 saturated carbocycles. The first-order chi connectivity index (χ1) is 12.3. The molecule has 156 valence electrons. The Morgan fingerprint density at radius 1 is 1.30 bits per heavy atom. The molecule has 27 heavy (non-hydrogen) atoms. The topological polar surface area (TPSA) is 83.0 Å². The van der Waals surface area contributed by atoms with E-state index in [1.165, 1.54) is 4.31 Å². The highest BCUT2D eigenvalue weighted by Gasteiger charge is 2.14. The van der Waals surface area contributed by atoms with Crippen LogP contribution in [0.25, 0.3) is 0 Å². The average molecular weight is 533 g/mol. The summed E-state index contributed by atoms with van der Waals surface area (Å²) in [5.41, 5.74) is 0. The van der Waals surface area contributed by atoms with E-state index in [1.54, 1.807) is 33.2 Å². The summed E-state index contributed by atoms with van der Waals surface area (Å²) in [6.45, 7) is 5.26. The maximum absolute atomic E-state index is 11.7. The predicted octanol–water partition coefficient (Wildman–Crippen LogP) is 2.56. The second kappa shape index (κ2) is 13.4. The van der Waals surface area contributed by atoms with Crippen LogP contribution in [0.1, 0.15) is 20.3 Å². The van der Waals surface area contributed by atoms with Gasteiger partial charge in [-0.2, -0.15) is 0 Å². The van der Waals surface area contributed by atoms with Crippen molar-refractivity contribution in [3.63, 3.8) is 0 Å². The summed E-state index contributed by atoms with van der Waals surface area (Å²) in [6.07, 6.45) is 0.628. The largest absolute Gasteiger partial charge is 0.489 e. The SMILES string of the molecule is CCS(=O)(=O)N(C)CCCNC(=NC)NCC(C)Oc1ccc(Cl)cc1.I. The molecule has 0 bridgehead atoms. The first-order valence-corrected chi connectivity index (χ1v) is 10.6. The molecule has 7 nitrogen and oxygen atoms in total. The van der Waals surface area contributed by atoms with Gasteiger partial charge in [-0.3, -0.25) is 4.99 Å². The van der Waals surface area contributed by atoms with Gasteiger partial charge in [0, 0.05) is 32.2 Å². The molecule has 1 atom stereocenters. The lowest BCUT2D eigenvalue weighted by atomic mass is 10.3. The van der Waals surface area contributed by atoms with E-state index in [0.29, 0.717) is 37.0 Å². The van der Waals surface area contributed by atoms with E-state index in [4.69, 9.17) is 16.3 Å². The third-order valence-electron chi connectivity index (χ3n) is 3.71. The molecular formula is C17H30ClIN4O3S. The molecule has 0 aliphatic rings. The first-order valence-electron chi connectivity index (χ1n) is 8.59. The molecule has 0 aromatic heterocycles. The molecular weight excluding hydrogens is 503 g/mol. The summed E-state index contributed by atoms with van der Waals surface area (Å²) < 4.78 is 30.5. The monoisotopic (exact) mass is 532 g/mol. The molecule has 0 amide bonds. The Balaban J connectivity index is 0.00000676. The Bertz CT molecular complexity index is 671. The molecule has 1 aromatic rings. The summed E-state index contributed by atoms with van der Waals surface area (Å²) in [5.74, 6) is 1.52. The summed E-state index contributed by atoms with van der Waals surface area (Å²) in [6, 6.07) is 7.22. The highest BCUT2D eigenvalue weighted by atomic mass is 127. The van der Waals surface area contributed by atoms with Crippen LogP contribution in [-0.2, 0) is 10.0 Å². The van der Waals surface area contributed by atoms with Gasteiger partial charge in [-0.1, -0.05) is 11.6 Å². The quantitative estimate of drug-likeness (QED) is 0.209. The minimum Gasteiger partial charge on any atom is -0.489 e. The van der Waals surface area contributed by atoms with E-state index in [1.807, 2.05) is 19.1 Å². The average Bonchev–Trinajstić information content (AvgIpc) is 2.62. The fraction of sp³-hybridized carbons (Fsp3) is 0.588. The van der Waals surface area contributed by atoms with Crippen LogP contribution in [0.4, 0.5) is 0 Å². The van der Waals surface area contributed by atoms with Crippen molar-refractivity contribution in [2.45, 2.75) is 26.4 Å². The van der Waals surface area contributed by atoms with Gasteiger partial charge < -0.3 is 15.4 Å². The molecule has 0 heterocycles. The van der Waals surface area contributed by atoms with Gasteiger partial charge in [-0.25, -0.2) is 12.7 Å². The van der Waals surface area contributed by atoms with Gasteiger partial charge in [0.05, 0.1) is 12.3 Å². The molecule has 0 spiro atoms. The van der Waals surface area contributed by atoms with E-state index in [-0.39, 0.29) is 35.8 Å². The number of ether oxygens (including phenoxy) is 1. The number of hydrogen-bond acceptors (Lipinski definition) is 4. The Morgan fingerprint density at radius 3 is 2.48 bits per heavy atom. The Morgan fingerprint density at radius 2 is 1.93 bits per heavy atom. The maximum Gasteiger partial charge on any atom is 0.213 e. The van der Waals surface area contributed by atoms with Crippen LogP contribution in [0.3, 0.4) is 0 Å². The van der Waals surface area contributed by atoms with Gasteiger partial charge in [0.1, 0.15) is 11.9 Å². The molecule has 10 heteroatoms. The zero-order chi connectivity index (χ0) is 19.6. The van der Waals surface area contributed by atoms with Gasteiger partial charge in [0.2, 0.25) is 10.0 Å². The lowest BCUT2D eigenvalue weighted by Crippen LogP contribution is -2.42. The second-order valence-electron chi connectivity index (χ2n) is 5.84. The highest BCUT2D eigenvalue weighted by molar-refractivity contribution is 14.0. The van der Waals surface area contributed by atoms with Crippen molar-refractivity contribution in [2.24, 2.45) is 4.99 Å². The number of benzene rings is 1. The van der Waals surface area contributed by atoms with Gasteiger partial charge in [-0.15, -0.1) is 24.0 Å². The first kappa shape index (κ1) is 26.2. The number of halogens is 2. The molecule has 1 aromatic carbocycles. The van der Waals surface area contributed by atoms with Gasteiger partial charge in [-0.05, 0) is 44.5 Å². The Hall–Kier alpha value is -0.780. The number of nitrogens with one attached hydrogen (secondary N) is 2. The zero-order valence-electron chi connectivity index (χ0n) is 16.2. The van der Waals surface area contributed by atoms with Crippen LogP contribution in [0.15, 0.2) is 29.3 Å². The van der Waals surface area contributed by atoms with Crippen molar-refractivity contribution in [2.75, 3.05) is 39.5 Å². The lowest BCUT2D eigenvalue weighted by molar-refractivity contribution is 0.224. The Kier molecular flexibility index (Phi) is 13.0. The molecule has 0 radical (unpaired) electrons. The number of hydrogen-bond donors (Lipinski definition) is 2. The fourth-order valence-corrected chi connectivity index (χ4v) is 3.09. The second-order valence-corrected chi connectivity index (χ2v) is 8.64. The van der Waals surface area contributed by atoms with E-state index in [9.17, 15) is 8.42 Å². The summed E-state index contributed by atoms with van der Waals surface area (Å²) in [4.78, 5) is 4.15. The summed E-state index contributed by atoms with van der Waals surface area (Å²) >= 11 is 5.85. The number of guanidine groups is 1. The van der Waals surface area contributed by atoms with Crippen molar-refractivity contribution >= 4 is 51.6 Å². The van der Waals surface area contributed by atoms with Crippen LogP contribution < -0.4 is 15.4 Å².